The molecular weight excluding hydrogens is 242 g/mol. The summed E-state index contributed by atoms with van der Waals surface area (Å²) in [6, 6.07) is 4.25. The highest BCUT2D eigenvalue weighted by Crippen LogP contribution is 2.28. The number of halogens is 1. The van der Waals surface area contributed by atoms with Gasteiger partial charge in [0.25, 0.3) is 0 Å². The van der Waals surface area contributed by atoms with E-state index in [-0.39, 0.29) is 30.4 Å². The summed E-state index contributed by atoms with van der Waals surface area (Å²) in [6.07, 6.45) is 0. The average Bonchev–Trinajstić information content (AvgIpc) is 2.18. The first kappa shape index (κ1) is 16.0. The maximum Gasteiger partial charge on any atom is 0.120 e. The largest absolute Gasteiger partial charge is 0.508 e. The molecular formula is C12H20ClNO3. The van der Waals surface area contributed by atoms with Crippen LogP contribution in [0.25, 0.3) is 0 Å². The lowest BCUT2D eigenvalue weighted by Gasteiger charge is -2.22. The highest BCUT2D eigenvalue weighted by atomic mass is 35.5. The summed E-state index contributed by atoms with van der Waals surface area (Å²) in [5, 5.41) is 18.5. The van der Waals surface area contributed by atoms with Gasteiger partial charge in [-0.2, -0.15) is 0 Å². The molecule has 98 valence electrons. The maximum atomic E-state index is 9.59. The van der Waals surface area contributed by atoms with Gasteiger partial charge in [0.05, 0.1) is 12.6 Å². The smallest absolute Gasteiger partial charge is 0.120 e. The van der Waals surface area contributed by atoms with Crippen molar-refractivity contribution in [2.75, 3.05) is 6.61 Å². The lowest BCUT2D eigenvalue weighted by Crippen LogP contribution is -2.23. The summed E-state index contributed by atoms with van der Waals surface area (Å²) < 4.78 is 5.64. The SMILES string of the molecule is CC(C)(C)Oc1ccc(O)c([C@@H](N)CO)c1.Cl. The van der Waals surface area contributed by atoms with E-state index >= 15 is 0 Å². The van der Waals surface area contributed by atoms with E-state index in [1.54, 1.807) is 12.1 Å². The predicted octanol–water partition coefficient (Wildman–Crippen LogP) is 1.98. The zero-order chi connectivity index (χ0) is 12.3. The van der Waals surface area contributed by atoms with Crippen molar-refractivity contribution in [2.45, 2.75) is 32.4 Å². The Morgan fingerprint density at radius 1 is 1.35 bits per heavy atom. The van der Waals surface area contributed by atoms with E-state index in [9.17, 15) is 5.11 Å². The molecule has 0 aliphatic rings. The third kappa shape index (κ3) is 4.81. The van der Waals surface area contributed by atoms with Gasteiger partial charge in [0.1, 0.15) is 17.1 Å². The minimum Gasteiger partial charge on any atom is -0.508 e. The van der Waals surface area contributed by atoms with E-state index in [0.29, 0.717) is 11.3 Å². The van der Waals surface area contributed by atoms with Gasteiger partial charge in [-0.1, -0.05) is 0 Å². The van der Waals surface area contributed by atoms with Crippen LogP contribution in [0.2, 0.25) is 0 Å². The highest BCUT2D eigenvalue weighted by molar-refractivity contribution is 5.85. The zero-order valence-corrected chi connectivity index (χ0v) is 11.1. The van der Waals surface area contributed by atoms with Crippen LogP contribution in [0, 0.1) is 0 Å². The molecule has 0 fully saturated rings. The van der Waals surface area contributed by atoms with E-state index in [1.165, 1.54) is 6.07 Å². The number of hydrogen-bond donors (Lipinski definition) is 3. The van der Waals surface area contributed by atoms with Crippen LogP contribution in [0.3, 0.4) is 0 Å². The van der Waals surface area contributed by atoms with Crippen LogP contribution in [0.1, 0.15) is 32.4 Å². The van der Waals surface area contributed by atoms with Crippen LogP contribution >= 0.6 is 12.4 Å². The summed E-state index contributed by atoms with van der Waals surface area (Å²) in [7, 11) is 0. The zero-order valence-electron chi connectivity index (χ0n) is 10.3. The molecule has 0 saturated heterocycles. The van der Waals surface area contributed by atoms with Crippen molar-refractivity contribution in [1.82, 2.24) is 0 Å². The number of aliphatic hydroxyl groups excluding tert-OH is 1. The number of aliphatic hydroxyl groups is 1. The number of ether oxygens (including phenoxy) is 1. The minimum absolute atomic E-state index is 0. The molecule has 0 bridgehead atoms. The Morgan fingerprint density at radius 3 is 2.41 bits per heavy atom. The third-order valence-corrected chi connectivity index (χ3v) is 2.02. The topological polar surface area (TPSA) is 75.7 Å². The summed E-state index contributed by atoms with van der Waals surface area (Å²) >= 11 is 0. The number of nitrogens with two attached hydrogens (primary N) is 1. The minimum atomic E-state index is -0.594. The molecule has 0 aliphatic heterocycles. The van der Waals surface area contributed by atoms with E-state index < -0.39 is 6.04 Å². The van der Waals surface area contributed by atoms with E-state index in [0.717, 1.165) is 0 Å². The molecule has 4 nitrogen and oxygen atoms in total. The standard InChI is InChI=1S/C12H19NO3.ClH/c1-12(2,3)16-8-4-5-11(15)9(6-8)10(13)7-14;/h4-6,10,14-15H,7,13H2,1-3H3;1H/t10-;/m0./s1. The highest BCUT2D eigenvalue weighted by Gasteiger charge is 2.15. The molecule has 1 atom stereocenters. The number of phenols is 1. The second kappa shape index (κ2) is 6.10. The Bertz CT molecular complexity index is 363. The molecule has 0 amide bonds. The van der Waals surface area contributed by atoms with Crippen LogP contribution < -0.4 is 10.5 Å². The van der Waals surface area contributed by atoms with Crippen molar-refractivity contribution in [2.24, 2.45) is 5.73 Å². The van der Waals surface area contributed by atoms with Crippen molar-refractivity contribution in [3.63, 3.8) is 0 Å². The number of benzene rings is 1. The Labute approximate surface area is 108 Å². The Hall–Kier alpha value is -0.970. The van der Waals surface area contributed by atoms with Gasteiger partial charge in [-0.25, -0.2) is 0 Å². The van der Waals surface area contributed by atoms with Crippen molar-refractivity contribution in [1.29, 1.82) is 0 Å². The summed E-state index contributed by atoms with van der Waals surface area (Å²) in [5.74, 6) is 0.701. The van der Waals surface area contributed by atoms with Crippen molar-refractivity contribution in [3.8, 4) is 11.5 Å². The molecule has 0 aliphatic carbocycles. The van der Waals surface area contributed by atoms with Gasteiger partial charge in [-0.3, -0.25) is 0 Å². The first-order valence-corrected chi connectivity index (χ1v) is 5.22. The Kier molecular flexibility index (Phi) is 5.75. The molecule has 0 saturated carbocycles. The fourth-order valence-corrected chi connectivity index (χ4v) is 1.34. The normalized spacial score (nSPS) is 12.8. The van der Waals surface area contributed by atoms with Gasteiger partial charge < -0.3 is 20.7 Å². The molecule has 4 N–H and O–H groups in total. The van der Waals surface area contributed by atoms with Crippen LogP contribution in [0.4, 0.5) is 0 Å². The molecule has 1 aromatic rings. The predicted molar refractivity (Wildman–Crippen MR) is 69.8 cm³/mol. The fraction of sp³-hybridized carbons (Fsp3) is 0.500. The third-order valence-electron chi connectivity index (χ3n) is 2.02. The second-order valence-corrected chi connectivity index (χ2v) is 4.72. The van der Waals surface area contributed by atoms with Gasteiger partial charge >= 0.3 is 0 Å². The molecule has 1 rings (SSSR count). The van der Waals surface area contributed by atoms with Crippen LogP contribution in [-0.2, 0) is 0 Å². The van der Waals surface area contributed by atoms with E-state index in [2.05, 4.69) is 0 Å². The van der Waals surface area contributed by atoms with Gasteiger partial charge in [-0.05, 0) is 39.0 Å². The molecule has 0 aromatic heterocycles. The number of rotatable bonds is 3. The first-order chi connectivity index (χ1) is 7.33. The molecule has 1 aromatic carbocycles. The summed E-state index contributed by atoms with van der Waals surface area (Å²) in [6.45, 7) is 5.59. The summed E-state index contributed by atoms with van der Waals surface area (Å²) in [5.41, 5.74) is 5.84. The van der Waals surface area contributed by atoms with Crippen LogP contribution in [-0.4, -0.2) is 22.4 Å². The number of hydrogen-bond acceptors (Lipinski definition) is 4. The monoisotopic (exact) mass is 261 g/mol. The quantitative estimate of drug-likeness (QED) is 0.778. The molecule has 0 radical (unpaired) electrons. The lowest BCUT2D eigenvalue weighted by molar-refractivity contribution is 0.130. The number of aromatic hydroxyl groups is 1. The van der Waals surface area contributed by atoms with Crippen LogP contribution in [0.15, 0.2) is 18.2 Å². The summed E-state index contributed by atoms with van der Waals surface area (Å²) in [4.78, 5) is 0. The first-order valence-electron chi connectivity index (χ1n) is 5.22. The van der Waals surface area contributed by atoms with Crippen LogP contribution in [0.5, 0.6) is 11.5 Å². The molecule has 17 heavy (non-hydrogen) atoms. The van der Waals surface area contributed by atoms with Gasteiger partial charge in [0, 0.05) is 5.56 Å². The van der Waals surface area contributed by atoms with Gasteiger partial charge in [0.15, 0.2) is 0 Å². The van der Waals surface area contributed by atoms with E-state index in [1.807, 2.05) is 20.8 Å². The fourth-order valence-electron chi connectivity index (χ4n) is 1.34. The average molecular weight is 262 g/mol. The van der Waals surface area contributed by atoms with Crippen molar-refractivity contribution >= 4 is 12.4 Å². The van der Waals surface area contributed by atoms with Gasteiger partial charge in [-0.15, -0.1) is 12.4 Å². The van der Waals surface area contributed by atoms with E-state index in [4.69, 9.17) is 15.6 Å². The Morgan fingerprint density at radius 2 is 1.94 bits per heavy atom. The molecule has 5 heteroatoms. The number of phenolic OH excluding ortho intramolecular Hbond substituents is 1. The maximum absolute atomic E-state index is 9.59. The van der Waals surface area contributed by atoms with Gasteiger partial charge in [0.2, 0.25) is 0 Å². The van der Waals surface area contributed by atoms with Crippen molar-refractivity contribution in [3.05, 3.63) is 23.8 Å². The Balaban J connectivity index is 0.00000256. The molecule has 0 unspecified atom stereocenters. The lowest BCUT2D eigenvalue weighted by atomic mass is 10.1. The molecule has 0 spiro atoms. The molecule has 0 heterocycles. The van der Waals surface area contributed by atoms with Crippen molar-refractivity contribution < 1.29 is 14.9 Å². The second-order valence-electron chi connectivity index (χ2n) is 4.72.